The van der Waals surface area contributed by atoms with Crippen molar-refractivity contribution in [1.82, 2.24) is 15.0 Å². The van der Waals surface area contributed by atoms with Crippen LogP contribution in [0.15, 0.2) is 4.52 Å². The Hall–Kier alpha value is -1.01. The third-order valence-corrected chi connectivity index (χ3v) is 5.81. The molecule has 3 rings (SSSR count). The lowest BCUT2D eigenvalue weighted by Gasteiger charge is -2.32. The summed E-state index contributed by atoms with van der Waals surface area (Å²) in [5, 5.41) is 3.95. The Morgan fingerprint density at radius 3 is 2.73 bits per heavy atom. The van der Waals surface area contributed by atoms with E-state index in [4.69, 9.17) is 4.52 Å². The summed E-state index contributed by atoms with van der Waals surface area (Å²) < 4.78 is 5.19. The summed E-state index contributed by atoms with van der Waals surface area (Å²) in [5.74, 6) is 2.91. The number of aromatic nitrogens is 1. The van der Waals surface area contributed by atoms with Gasteiger partial charge in [0, 0.05) is 18.8 Å². The molecule has 122 valence electrons. The highest BCUT2D eigenvalue weighted by Gasteiger charge is 2.31. The normalized spacial score (nSPS) is 23.7. The standard InChI is InChI=1S/C16H25N3O2S/c1-12-15(13(2)21-17-12)16(20)19-8-5-9-22-11-14(19)10-18-6-3-4-7-18/h14H,3-11H2,1-2H3. The van der Waals surface area contributed by atoms with Gasteiger partial charge in [0.25, 0.3) is 5.91 Å². The predicted octanol–water partition coefficient (Wildman–Crippen LogP) is 2.33. The lowest BCUT2D eigenvalue weighted by molar-refractivity contribution is 0.0664. The Labute approximate surface area is 136 Å². The van der Waals surface area contributed by atoms with Crippen molar-refractivity contribution in [2.75, 3.05) is 37.7 Å². The number of thioether (sulfide) groups is 1. The van der Waals surface area contributed by atoms with Gasteiger partial charge in [0.1, 0.15) is 11.3 Å². The fraction of sp³-hybridized carbons (Fsp3) is 0.750. The second kappa shape index (κ2) is 7.04. The van der Waals surface area contributed by atoms with E-state index in [0.29, 0.717) is 23.1 Å². The van der Waals surface area contributed by atoms with Crippen LogP contribution in [-0.2, 0) is 0 Å². The average Bonchev–Trinajstić information content (AvgIpc) is 3.04. The molecule has 5 nitrogen and oxygen atoms in total. The van der Waals surface area contributed by atoms with Crippen LogP contribution in [0.1, 0.15) is 41.1 Å². The third kappa shape index (κ3) is 3.33. The van der Waals surface area contributed by atoms with Gasteiger partial charge in [0.2, 0.25) is 0 Å². The van der Waals surface area contributed by atoms with Crippen LogP contribution in [0.2, 0.25) is 0 Å². The molecule has 0 radical (unpaired) electrons. The van der Waals surface area contributed by atoms with Crippen molar-refractivity contribution in [3.8, 4) is 0 Å². The zero-order chi connectivity index (χ0) is 15.5. The first-order valence-electron chi connectivity index (χ1n) is 8.20. The Morgan fingerprint density at radius 2 is 2.05 bits per heavy atom. The SMILES string of the molecule is Cc1noc(C)c1C(=O)N1CCCSCC1CN1CCCC1. The number of aryl methyl sites for hydroxylation is 2. The molecule has 2 aliphatic heterocycles. The second-order valence-electron chi connectivity index (χ2n) is 6.29. The Kier molecular flexibility index (Phi) is 5.08. The first-order chi connectivity index (χ1) is 10.7. The smallest absolute Gasteiger partial charge is 0.259 e. The molecule has 22 heavy (non-hydrogen) atoms. The highest BCUT2D eigenvalue weighted by Crippen LogP contribution is 2.23. The molecule has 0 bridgehead atoms. The van der Waals surface area contributed by atoms with Crippen LogP contribution in [0.3, 0.4) is 0 Å². The van der Waals surface area contributed by atoms with Crippen molar-refractivity contribution in [2.45, 2.75) is 39.2 Å². The zero-order valence-corrected chi connectivity index (χ0v) is 14.3. The summed E-state index contributed by atoms with van der Waals surface area (Å²) in [4.78, 5) is 17.6. The average molecular weight is 323 g/mol. The van der Waals surface area contributed by atoms with Gasteiger partial charge in [-0.1, -0.05) is 5.16 Å². The fourth-order valence-corrected chi connectivity index (χ4v) is 4.50. The molecule has 3 heterocycles. The van der Waals surface area contributed by atoms with E-state index >= 15 is 0 Å². The third-order valence-electron chi connectivity index (χ3n) is 4.61. The largest absolute Gasteiger partial charge is 0.361 e. The van der Waals surface area contributed by atoms with Crippen LogP contribution < -0.4 is 0 Å². The number of likely N-dealkylation sites (tertiary alicyclic amines) is 1. The molecule has 0 aliphatic carbocycles. The summed E-state index contributed by atoms with van der Waals surface area (Å²) in [6, 6.07) is 0.298. The van der Waals surface area contributed by atoms with Gasteiger partial charge in [-0.25, -0.2) is 0 Å². The first-order valence-corrected chi connectivity index (χ1v) is 9.36. The van der Waals surface area contributed by atoms with Crippen LogP contribution in [0, 0.1) is 13.8 Å². The molecular weight excluding hydrogens is 298 g/mol. The van der Waals surface area contributed by atoms with Gasteiger partial charge in [0.05, 0.1) is 11.7 Å². The topological polar surface area (TPSA) is 49.6 Å². The van der Waals surface area contributed by atoms with E-state index in [1.807, 2.05) is 25.6 Å². The van der Waals surface area contributed by atoms with E-state index in [0.717, 1.165) is 31.0 Å². The van der Waals surface area contributed by atoms with Gasteiger partial charge in [0.15, 0.2) is 0 Å². The minimum atomic E-state index is 0.1000. The maximum absolute atomic E-state index is 13.0. The second-order valence-corrected chi connectivity index (χ2v) is 7.44. The number of carbonyl (C=O) groups excluding carboxylic acids is 1. The van der Waals surface area contributed by atoms with Crippen LogP contribution in [0.4, 0.5) is 0 Å². The Morgan fingerprint density at radius 1 is 1.27 bits per heavy atom. The highest BCUT2D eigenvalue weighted by atomic mass is 32.2. The van der Waals surface area contributed by atoms with Crippen molar-refractivity contribution >= 4 is 17.7 Å². The summed E-state index contributed by atoms with van der Waals surface area (Å²) in [6.45, 7) is 7.88. The van der Waals surface area contributed by atoms with E-state index in [1.165, 1.54) is 25.9 Å². The number of hydrogen-bond donors (Lipinski definition) is 0. The molecule has 1 amide bonds. The molecule has 2 fully saturated rings. The van der Waals surface area contributed by atoms with Gasteiger partial charge in [-0.2, -0.15) is 11.8 Å². The molecule has 2 aliphatic rings. The lowest BCUT2D eigenvalue weighted by Crippen LogP contribution is -2.47. The van der Waals surface area contributed by atoms with E-state index < -0.39 is 0 Å². The predicted molar refractivity (Wildman–Crippen MR) is 88.4 cm³/mol. The monoisotopic (exact) mass is 323 g/mol. The van der Waals surface area contributed by atoms with Crippen molar-refractivity contribution in [2.24, 2.45) is 0 Å². The highest BCUT2D eigenvalue weighted by molar-refractivity contribution is 7.99. The maximum Gasteiger partial charge on any atom is 0.259 e. The molecule has 6 heteroatoms. The van der Waals surface area contributed by atoms with E-state index in [1.54, 1.807) is 0 Å². The van der Waals surface area contributed by atoms with Crippen molar-refractivity contribution < 1.29 is 9.32 Å². The Balaban J connectivity index is 1.78. The summed E-state index contributed by atoms with van der Waals surface area (Å²) >= 11 is 1.97. The van der Waals surface area contributed by atoms with E-state index in [2.05, 4.69) is 15.0 Å². The van der Waals surface area contributed by atoms with Crippen LogP contribution in [-0.4, -0.2) is 64.6 Å². The summed E-state index contributed by atoms with van der Waals surface area (Å²) in [5.41, 5.74) is 1.37. The van der Waals surface area contributed by atoms with Gasteiger partial charge in [-0.15, -0.1) is 0 Å². The van der Waals surface area contributed by atoms with Gasteiger partial charge in [-0.3, -0.25) is 4.79 Å². The van der Waals surface area contributed by atoms with Crippen molar-refractivity contribution in [3.05, 3.63) is 17.0 Å². The number of hydrogen-bond acceptors (Lipinski definition) is 5. The van der Waals surface area contributed by atoms with E-state index in [-0.39, 0.29) is 5.91 Å². The molecule has 1 atom stereocenters. The first kappa shape index (κ1) is 15.9. The zero-order valence-electron chi connectivity index (χ0n) is 13.5. The minimum Gasteiger partial charge on any atom is -0.361 e. The van der Waals surface area contributed by atoms with Crippen LogP contribution in [0.25, 0.3) is 0 Å². The van der Waals surface area contributed by atoms with Gasteiger partial charge < -0.3 is 14.3 Å². The molecule has 0 aromatic carbocycles. The number of carbonyl (C=O) groups is 1. The van der Waals surface area contributed by atoms with Gasteiger partial charge >= 0.3 is 0 Å². The quantitative estimate of drug-likeness (QED) is 0.854. The summed E-state index contributed by atoms with van der Waals surface area (Å²) in [7, 11) is 0. The molecule has 2 saturated heterocycles. The Bertz CT molecular complexity index is 506. The molecule has 1 unspecified atom stereocenters. The van der Waals surface area contributed by atoms with Crippen LogP contribution in [0.5, 0.6) is 0 Å². The maximum atomic E-state index is 13.0. The van der Waals surface area contributed by atoms with Crippen LogP contribution >= 0.6 is 11.8 Å². The van der Waals surface area contributed by atoms with Crippen molar-refractivity contribution in [1.29, 1.82) is 0 Å². The lowest BCUT2D eigenvalue weighted by atomic mass is 10.1. The molecule has 1 aromatic rings. The van der Waals surface area contributed by atoms with E-state index in [9.17, 15) is 4.79 Å². The molecule has 0 saturated carbocycles. The minimum absolute atomic E-state index is 0.1000. The fourth-order valence-electron chi connectivity index (χ4n) is 3.44. The van der Waals surface area contributed by atoms with Gasteiger partial charge in [-0.05, 0) is 52.0 Å². The number of rotatable bonds is 3. The molecular formula is C16H25N3O2S. The molecule has 0 spiro atoms. The molecule has 1 aromatic heterocycles. The molecule has 0 N–H and O–H groups in total. The summed E-state index contributed by atoms with van der Waals surface area (Å²) in [6.07, 6.45) is 3.64. The number of amides is 1. The number of nitrogens with zero attached hydrogens (tertiary/aromatic N) is 3. The van der Waals surface area contributed by atoms with Crippen molar-refractivity contribution in [3.63, 3.8) is 0 Å².